The Kier molecular flexibility index (Phi) is 4.44. The molecule has 0 unspecified atom stereocenters. The third kappa shape index (κ3) is 2.82. The zero-order valence-electron chi connectivity index (χ0n) is 13.7. The SMILES string of the molecule is CCOc1cc(-c2csc3nc(C(=O)O)cn23)c(OCC)cc1C. The number of aromatic carboxylic acids is 1. The van der Waals surface area contributed by atoms with Gasteiger partial charge >= 0.3 is 5.97 Å². The van der Waals surface area contributed by atoms with Crippen molar-refractivity contribution in [1.82, 2.24) is 9.38 Å². The molecule has 1 N–H and O–H groups in total. The van der Waals surface area contributed by atoms with Gasteiger partial charge in [-0.3, -0.25) is 4.40 Å². The minimum Gasteiger partial charge on any atom is -0.494 e. The van der Waals surface area contributed by atoms with E-state index in [4.69, 9.17) is 14.6 Å². The second kappa shape index (κ2) is 6.52. The van der Waals surface area contributed by atoms with Crippen molar-refractivity contribution in [3.05, 3.63) is 35.0 Å². The van der Waals surface area contributed by atoms with Gasteiger partial charge in [0.1, 0.15) is 11.5 Å². The van der Waals surface area contributed by atoms with Crippen LogP contribution in [-0.4, -0.2) is 33.7 Å². The fourth-order valence-corrected chi connectivity index (χ4v) is 3.40. The van der Waals surface area contributed by atoms with E-state index in [-0.39, 0.29) is 5.69 Å². The molecular weight excluding hydrogens is 328 g/mol. The zero-order chi connectivity index (χ0) is 17.3. The molecule has 0 aliphatic rings. The molecule has 0 saturated heterocycles. The monoisotopic (exact) mass is 346 g/mol. The van der Waals surface area contributed by atoms with E-state index in [2.05, 4.69) is 4.98 Å². The Morgan fingerprint density at radius 1 is 1.25 bits per heavy atom. The van der Waals surface area contributed by atoms with Gasteiger partial charge in [0.05, 0.1) is 18.9 Å². The summed E-state index contributed by atoms with van der Waals surface area (Å²) in [4.78, 5) is 15.9. The topological polar surface area (TPSA) is 73.1 Å². The first kappa shape index (κ1) is 16.3. The number of imidazole rings is 1. The third-order valence-corrected chi connectivity index (χ3v) is 4.42. The van der Waals surface area contributed by atoms with Crippen LogP contribution >= 0.6 is 11.3 Å². The summed E-state index contributed by atoms with van der Waals surface area (Å²) < 4.78 is 13.2. The Morgan fingerprint density at radius 2 is 1.96 bits per heavy atom. The molecule has 0 amide bonds. The first-order valence-electron chi connectivity index (χ1n) is 7.65. The Morgan fingerprint density at radius 3 is 2.62 bits per heavy atom. The average Bonchev–Trinajstić information content (AvgIpc) is 3.11. The molecule has 0 atom stereocenters. The lowest BCUT2D eigenvalue weighted by atomic mass is 10.1. The van der Waals surface area contributed by atoms with Crippen molar-refractivity contribution in [3.63, 3.8) is 0 Å². The zero-order valence-corrected chi connectivity index (χ0v) is 14.5. The molecule has 0 aliphatic heterocycles. The molecule has 0 spiro atoms. The molecule has 0 aliphatic carbocycles. The van der Waals surface area contributed by atoms with Gasteiger partial charge in [-0.1, -0.05) is 0 Å². The number of benzene rings is 1. The molecule has 0 bridgehead atoms. The average molecular weight is 346 g/mol. The summed E-state index contributed by atoms with van der Waals surface area (Å²) in [6, 6.07) is 3.88. The van der Waals surface area contributed by atoms with Gasteiger partial charge in [-0.25, -0.2) is 9.78 Å². The van der Waals surface area contributed by atoms with Crippen molar-refractivity contribution < 1.29 is 19.4 Å². The first-order chi connectivity index (χ1) is 11.5. The molecule has 0 saturated carbocycles. The number of nitrogens with zero attached hydrogens (tertiary/aromatic N) is 2. The van der Waals surface area contributed by atoms with E-state index in [0.29, 0.717) is 18.2 Å². The summed E-state index contributed by atoms with van der Waals surface area (Å²) >= 11 is 1.39. The summed E-state index contributed by atoms with van der Waals surface area (Å²) in [6.45, 7) is 6.95. The quantitative estimate of drug-likeness (QED) is 0.733. The number of hydrogen-bond acceptors (Lipinski definition) is 5. The van der Waals surface area contributed by atoms with E-state index in [1.54, 1.807) is 4.40 Å². The van der Waals surface area contributed by atoms with E-state index in [1.807, 2.05) is 38.3 Å². The van der Waals surface area contributed by atoms with Gasteiger partial charge in [0.2, 0.25) is 0 Å². The van der Waals surface area contributed by atoms with E-state index in [1.165, 1.54) is 17.5 Å². The van der Waals surface area contributed by atoms with Gasteiger partial charge in [-0.05, 0) is 38.5 Å². The molecule has 6 nitrogen and oxygen atoms in total. The van der Waals surface area contributed by atoms with Crippen LogP contribution in [0.3, 0.4) is 0 Å². The van der Waals surface area contributed by atoms with E-state index < -0.39 is 5.97 Å². The van der Waals surface area contributed by atoms with Crippen molar-refractivity contribution in [2.45, 2.75) is 20.8 Å². The van der Waals surface area contributed by atoms with Crippen LogP contribution in [0, 0.1) is 6.92 Å². The Hall–Kier alpha value is -2.54. The number of ether oxygens (including phenoxy) is 2. The summed E-state index contributed by atoms with van der Waals surface area (Å²) in [6.07, 6.45) is 1.53. The molecular formula is C17H18N2O4S. The van der Waals surface area contributed by atoms with Crippen molar-refractivity contribution >= 4 is 22.3 Å². The van der Waals surface area contributed by atoms with Crippen LogP contribution in [0.2, 0.25) is 0 Å². The summed E-state index contributed by atoms with van der Waals surface area (Å²) in [7, 11) is 0. The van der Waals surface area contributed by atoms with Crippen LogP contribution in [0.5, 0.6) is 11.5 Å². The fourth-order valence-electron chi connectivity index (χ4n) is 2.53. The molecule has 0 radical (unpaired) electrons. The largest absolute Gasteiger partial charge is 0.494 e. The van der Waals surface area contributed by atoms with E-state index in [9.17, 15) is 4.79 Å². The molecule has 3 aromatic rings. The first-order valence-corrected chi connectivity index (χ1v) is 8.53. The lowest BCUT2D eigenvalue weighted by Gasteiger charge is -2.14. The highest BCUT2D eigenvalue weighted by Crippen LogP contribution is 2.38. The van der Waals surface area contributed by atoms with Crippen LogP contribution < -0.4 is 9.47 Å². The van der Waals surface area contributed by atoms with Gasteiger partial charge < -0.3 is 14.6 Å². The van der Waals surface area contributed by atoms with Crippen LogP contribution in [0.15, 0.2) is 23.7 Å². The lowest BCUT2D eigenvalue weighted by molar-refractivity contribution is 0.0691. The van der Waals surface area contributed by atoms with Crippen molar-refractivity contribution in [2.24, 2.45) is 0 Å². The van der Waals surface area contributed by atoms with Crippen LogP contribution in [0.25, 0.3) is 16.2 Å². The maximum absolute atomic E-state index is 11.2. The highest BCUT2D eigenvalue weighted by molar-refractivity contribution is 7.15. The van der Waals surface area contributed by atoms with E-state index >= 15 is 0 Å². The van der Waals surface area contributed by atoms with Crippen LogP contribution in [0.4, 0.5) is 0 Å². The summed E-state index contributed by atoms with van der Waals surface area (Å²) in [5.41, 5.74) is 2.71. The van der Waals surface area contributed by atoms with Crippen molar-refractivity contribution in [2.75, 3.05) is 13.2 Å². The molecule has 2 aromatic heterocycles. The highest BCUT2D eigenvalue weighted by Gasteiger charge is 2.18. The lowest BCUT2D eigenvalue weighted by Crippen LogP contribution is -2.00. The number of aromatic nitrogens is 2. The summed E-state index contributed by atoms with van der Waals surface area (Å²) in [5.74, 6) is 0.485. The Bertz CT molecular complexity index is 898. The van der Waals surface area contributed by atoms with Crippen molar-refractivity contribution in [3.8, 4) is 22.8 Å². The number of carbonyl (C=O) groups is 1. The molecule has 1 aromatic carbocycles. The van der Waals surface area contributed by atoms with Gasteiger partial charge in [0, 0.05) is 17.1 Å². The second-order valence-corrected chi connectivity index (χ2v) is 6.02. The minimum absolute atomic E-state index is 0.0261. The maximum atomic E-state index is 11.2. The normalized spacial score (nSPS) is 11.0. The number of hydrogen-bond donors (Lipinski definition) is 1. The van der Waals surface area contributed by atoms with Crippen LogP contribution in [-0.2, 0) is 0 Å². The third-order valence-electron chi connectivity index (χ3n) is 3.58. The Labute approximate surface area is 143 Å². The molecule has 3 rings (SSSR count). The number of carboxylic acids is 1. The fraction of sp³-hybridized carbons (Fsp3) is 0.294. The number of carboxylic acid groups (broad SMARTS) is 1. The molecule has 24 heavy (non-hydrogen) atoms. The second-order valence-electron chi connectivity index (χ2n) is 5.18. The van der Waals surface area contributed by atoms with Gasteiger partial charge in [-0.2, -0.15) is 0 Å². The smallest absolute Gasteiger partial charge is 0.356 e. The number of rotatable bonds is 6. The van der Waals surface area contributed by atoms with Gasteiger partial charge in [-0.15, -0.1) is 11.3 Å². The van der Waals surface area contributed by atoms with Crippen LogP contribution in [0.1, 0.15) is 29.9 Å². The summed E-state index contributed by atoms with van der Waals surface area (Å²) in [5, 5.41) is 11.1. The molecule has 7 heteroatoms. The number of aryl methyl sites for hydroxylation is 1. The van der Waals surface area contributed by atoms with Gasteiger partial charge in [0.15, 0.2) is 10.7 Å². The van der Waals surface area contributed by atoms with Crippen molar-refractivity contribution in [1.29, 1.82) is 0 Å². The Balaban J connectivity index is 2.19. The van der Waals surface area contributed by atoms with E-state index in [0.717, 1.165) is 28.3 Å². The number of thiazole rings is 1. The predicted molar refractivity (Wildman–Crippen MR) is 92.5 cm³/mol. The minimum atomic E-state index is -1.04. The maximum Gasteiger partial charge on any atom is 0.356 e. The number of fused-ring (bicyclic) bond motifs is 1. The molecule has 2 heterocycles. The molecule has 0 fully saturated rings. The highest BCUT2D eigenvalue weighted by atomic mass is 32.1. The van der Waals surface area contributed by atoms with Gasteiger partial charge in [0.25, 0.3) is 0 Å². The standard InChI is InChI=1S/C17H18N2O4S/c1-4-22-14-7-11(15(23-5-2)6-10(14)3)13-9-24-17-18-12(16(20)21)8-19(13)17/h6-9H,4-5H2,1-3H3,(H,20,21). The molecule has 126 valence electrons. The predicted octanol–water partition coefficient (Wildman–Crippen LogP) is 3.87.